The van der Waals surface area contributed by atoms with E-state index in [1.165, 1.54) is 0 Å². The van der Waals surface area contributed by atoms with Crippen molar-refractivity contribution in [2.75, 3.05) is 31.1 Å². The minimum atomic E-state index is -0.892. The molecule has 0 unspecified atom stereocenters. The van der Waals surface area contributed by atoms with Gasteiger partial charge in [0.05, 0.1) is 6.42 Å². The molecule has 2 atom stereocenters. The third-order valence-electron chi connectivity index (χ3n) is 5.06. The van der Waals surface area contributed by atoms with Gasteiger partial charge in [-0.15, -0.1) is 0 Å². The third kappa shape index (κ3) is 5.84. The molecule has 2 aromatic rings. The largest absolute Gasteiger partial charge is 0.492 e. The molecule has 29 heavy (non-hydrogen) atoms. The van der Waals surface area contributed by atoms with E-state index >= 15 is 0 Å². The maximum atomic E-state index is 10.9. The van der Waals surface area contributed by atoms with Gasteiger partial charge in [0.1, 0.15) is 20.2 Å². The van der Waals surface area contributed by atoms with Crippen LogP contribution >= 0.6 is 11.6 Å². The maximum Gasteiger partial charge on any atom is 0.307 e. The molecule has 7 nitrogen and oxygen atoms in total. The predicted molar refractivity (Wildman–Crippen MR) is 116 cm³/mol. The Hall–Kier alpha value is -2.32. The van der Waals surface area contributed by atoms with E-state index in [9.17, 15) is 4.79 Å². The zero-order valence-corrected chi connectivity index (χ0v) is 17.8. The third-order valence-corrected chi connectivity index (χ3v) is 5.27. The molecular weight excluding hydrogens is 391 g/mol. The number of carboxylic acids is 1. The van der Waals surface area contributed by atoms with Crippen molar-refractivity contribution in [3.63, 3.8) is 0 Å². The van der Waals surface area contributed by atoms with E-state index in [-0.39, 0.29) is 6.42 Å². The highest BCUT2D eigenvalue weighted by Crippen LogP contribution is 2.23. The van der Waals surface area contributed by atoms with Crippen LogP contribution in [0.3, 0.4) is 0 Å². The van der Waals surface area contributed by atoms with Crippen LogP contribution in [0, 0.1) is 0 Å². The van der Waals surface area contributed by atoms with Crippen LogP contribution in [0.5, 0.6) is 5.75 Å². The summed E-state index contributed by atoms with van der Waals surface area (Å²) >= 11 is 6.09. The first kappa shape index (κ1) is 21.4. The Morgan fingerprint density at radius 1 is 1.24 bits per heavy atom. The molecule has 0 amide bonds. The normalized spacial score (nSPS) is 19.9. The smallest absolute Gasteiger partial charge is 0.307 e. The number of rotatable bonds is 7. The van der Waals surface area contributed by atoms with Gasteiger partial charge >= 0.3 is 5.97 Å². The van der Waals surface area contributed by atoms with Gasteiger partial charge in [-0.05, 0) is 37.6 Å². The number of aliphatic carboxylic acids is 1. The van der Waals surface area contributed by atoms with Crippen LogP contribution in [-0.4, -0.2) is 72.1 Å². The molecule has 1 N–H and O–H groups in total. The number of aromatic nitrogens is 2. The number of carboxylic acid groups (broad SMARTS) is 1. The molecule has 2 heterocycles. The average Bonchev–Trinajstić information content (AvgIpc) is 2.63. The maximum absolute atomic E-state index is 10.9. The highest BCUT2D eigenvalue weighted by atomic mass is 35.5. The fraction of sp³-hybridized carbons (Fsp3) is 0.450. The van der Waals surface area contributed by atoms with Gasteiger partial charge in [0.15, 0.2) is 0 Å². The van der Waals surface area contributed by atoms with Crippen molar-refractivity contribution >= 4 is 36.8 Å². The van der Waals surface area contributed by atoms with E-state index in [1.54, 1.807) is 18.2 Å². The average molecular weight is 417 g/mol. The second-order valence-corrected chi connectivity index (χ2v) is 8.05. The zero-order valence-electron chi connectivity index (χ0n) is 17.0. The Balaban J connectivity index is 1.55. The van der Waals surface area contributed by atoms with Crippen LogP contribution in [0.15, 0.2) is 30.6 Å². The minimum Gasteiger partial charge on any atom is -0.492 e. The van der Waals surface area contributed by atoms with Crippen molar-refractivity contribution in [1.29, 1.82) is 0 Å². The number of hydrogen-bond acceptors (Lipinski definition) is 6. The van der Waals surface area contributed by atoms with Gasteiger partial charge in [-0.3, -0.25) is 9.69 Å². The fourth-order valence-electron chi connectivity index (χ4n) is 3.76. The monoisotopic (exact) mass is 416 g/mol. The molecule has 1 aliphatic heterocycles. The zero-order chi connectivity index (χ0) is 21.0. The molecule has 1 fully saturated rings. The Morgan fingerprint density at radius 2 is 1.90 bits per heavy atom. The molecule has 3 rings (SSSR count). The Kier molecular flexibility index (Phi) is 6.98. The summed E-state index contributed by atoms with van der Waals surface area (Å²) in [5.74, 6) is 0.479. The van der Waals surface area contributed by atoms with Gasteiger partial charge in [0.2, 0.25) is 5.95 Å². The molecule has 9 heteroatoms. The second-order valence-electron chi connectivity index (χ2n) is 7.62. The summed E-state index contributed by atoms with van der Waals surface area (Å²) in [6, 6.07) is 5.76. The lowest BCUT2D eigenvalue weighted by atomic mass is 10.0. The molecule has 1 aromatic carbocycles. The Morgan fingerprint density at radius 3 is 2.52 bits per heavy atom. The summed E-state index contributed by atoms with van der Waals surface area (Å²) in [6.45, 7) is 7.37. The van der Waals surface area contributed by atoms with Crippen LogP contribution in [-0.2, 0) is 11.2 Å². The Labute approximate surface area is 177 Å². The van der Waals surface area contributed by atoms with Crippen LogP contribution in [0.25, 0.3) is 0 Å². The number of benzene rings is 1. The van der Waals surface area contributed by atoms with Crippen molar-refractivity contribution in [2.24, 2.45) is 0 Å². The second kappa shape index (κ2) is 9.46. The van der Waals surface area contributed by atoms with Crippen molar-refractivity contribution < 1.29 is 14.6 Å². The minimum absolute atomic E-state index is 0.0754. The standard InChI is InChI=1S/C20H26BClN4O3/c1-13-11-25(20-23-9-16(21)10-24-20)12-14(2)26(13)3-4-29-18-6-15(7-19(27)28)5-17(22)8-18/h5-6,8-10,13-14H,3-4,7,11-12,21H2,1-2H3,(H,27,28)/t13-,14+. The summed E-state index contributed by atoms with van der Waals surface area (Å²) in [7, 11) is 1.98. The number of carbonyl (C=O) groups is 1. The van der Waals surface area contributed by atoms with Crippen molar-refractivity contribution in [3.05, 3.63) is 41.2 Å². The van der Waals surface area contributed by atoms with Gasteiger partial charge in [0, 0.05) is 49.1 Å². The first-order valence-corrected chi connectivity index (χ1v) is 10.1. The molecule has 0 spiro atoms. The van der Waals surface area contributed by atoms with Gasteiger partial charge in [0.25, 0.3) is 0 Å². The van der Waals surface area contributed by atoms with E-state index in [1.807, 2.05) is 20.2 Å². The number of anilines is 1. The number of halogens is 1. The highest BCUT2D eigenvalue weighted by molar-refractivity contribution is 6.31. The number of nitrogens with zero attached hydrogens (tertiary/aromatic N) is 4. The summed E-state index contributed by atoms with van der Waals surface area (Å²) in [6.07, 6.45) is 3.62. The topological polar surface area (TPSA) is 78.8 Å². The summed E-state index contributed by atoms with van der Waals surface area (Å²) in [5, 5.41) is 9.45. The molecule has 0 bridgehead atoms. The summed E-state index contributed by atoms with van der Waals surface area (Å²) in [4.78, 5) is 24.5. The van der Waals surface area contributed by atoms with E-state index in [0.29, 0.717) is 35.0 Å². The number of hydrogen-bond donors (Lipinski definition) is 1. The SMILES string of the molecule is Bc1cnc(N2C[C@@H](C)N(CCOc3cc(Cl)cc(CC(=O)O)c3)[C@@H](C)C2)nc1. The van der Waals surface area contributed by atoms with E-state index in [2.05, 4.69) is 33.6 Å². The van der Waals surface area contributed by atoms with Gasteiger partial charge in [-0.2, -0.15) is 0 Å². The van der Waals surface area contributed by atoms with Crippen LogP contribution in [0.4, 0.5) is 5.95 Å². The lowest BCUT2D eigenvalue weighted by Gasteiger charge is -2.44. The molecule has 0 aliphatic carbocycles. The molecule has 0 radical (unpaired) electrons. The quantitative estimate of drug-likeness (QED) is 0.674. The first-order valence-electron chi connectivity index (χ1n) is 9.75. The summed E-state index contributed by atoms with van der Waals surface area (Å²) in [5.41, 5.74) is 1.69. The predicted octanol–water partition coefficient (Wildman–Crippen LogP) is 0.993. The fourth-order valence-corrected chi connectivity index (χ4v) is 4.01. The lowest BCUT2D eigenvalue weighted by molar-refractivity contribution is -0.136. The van der Waals surface area contributed by atoms with Crippen LogP contribution in [0.1, 0.15) is 19.4 Å². The van der Waals surface area contributed by atoms with Crippen molar-refractivity contribution in [1.82, 2.24) is 14.9 Å². The first-order chi connectivity index (χ1) is 13.8. The Bertz CT molecular complexity index is 840. The summed E-state index contributed by atoms with van der Waals surface area (Å²) < 4.78 is 5.88. The van der Waals surface area contributed by atoms with Crippen LogP contribution < -0.4 is 15.1 Å². The van der Waals surface area contributed by atoms with E-state index in [4.69, 9.17) is 21.4 Å². The molecular formula is C20H26BClN4O3. The van der Waals surface area contributed by atoms with Crippen molar-refractivity contribution in [3.8, 4) is 5.75 Å². The number of piperazine rings is 1. The van der Waals surface area contributed by atoms with Crippen molar-refractivity contribution in [2.45, 2.75) is 32.4 Å². The van der Waals surface area contributed by atoms with Gasteiger partial charge in [-0.1, -0.05) is 17.1 Å². The highest BCUT2D eigenvalue weighted by Gasteiger charge is 2.30. The van der Waals surface area contributed by atoms with Gasteiger partial charge in [-0.25, -0.2) is 9.97 Å². The lowest BCUT2D eigenvalue weighted by Crippen LogP contribution is -2.58. The number of ether oxygens (including phenoxy) is 1. The molecule has 1 aromatic heterocycles. The molecule has 1 saturated heterocycles. The van der Waals surface area contributed by atoms with E-state index < -0.39 is 5.97 Å². The van der Waals surface area contributed by atoms with Gasteiger partial charge < -0.3 is 14.7 Å². The molecule has 1 aliphatic rings. The van der Waals surface area contributed by atoms with E-state index in [0.717, 1.165) is 31.0 Å². The van der Waals surface area contributed by atoms with Crippen LogP contribution in [0.2, 0.25) is 5.02 Å². The molecule has 154 valence electrons. The molecule has 0 saturated carbocycles.